The second-order valence-electron chi connectivity index (χ2n) is 3.04. The van der Waals surface area contributed by atoms with Gasteiger partial charge in [-0.2, -0.15) is 5.10 Å². The molecule has 1 aromatic rings. The lowest BCUT2D eigenvalue weighted by Gasteiger charge is -2.01. The van der Waals surface area contributed by atoms with Gasteiger partial charge in [-0.3, -0.25) is 4.68 Å². The van der Waals surface area contributed by atoms with E-state index in [0.29, 0.717) is 12.0 Å². The third-order valence-electron chi connectivity index (χ3n) is 1.65. The minimum absolute atomic E-state index is 0.0347. The summed E-state index contributed by atoms with van der Waals surface area (Å²) in [6.45, 7) is 6.09. The van der Waals surface area contributed by atoms with Crippen molar-refractivity contribution < 1.29 is 8.78 Å². The summed E-state index contributed by atoms with van der Waals surface area (Å²) in [5, 5.41) is 3.75. The Labute approximate surface area is 83.9 Å². The summed E-state index contributed by atoms with van der Waals surface area (Å²) in [5.41, 5.74) is 0.662. The maximum atomic E-state index is 12.2. The van der Waals surface area contributed by atoms with E-state index in [1.165, 1.54) is 24.3 Å². The van der Waals surface area contributed by atoms with Gasteiger partial charge in [-0.25, -0.2) is 8.78 Å². The number of rotatable bonds is 2. The first-order valence-corrected chi connectivity index (χ1v) is 4.87. The monoisotopic (exact) mass is 204 g/mol. The van der Waals surface area contributed by atoms with Crippen LogP contribution in [-0.4, -0.2) is 9.78 Å². The molecule has 0 saturated carbocycles. The molecule has 0 atom stereocenters. The first-order chi connectivity index (χ1) is 6.58. The average molecular weight is 204 g/mol. The maximum Gasteiger partial charge on any atom is 0.280 e. The van der Waals surface area contributed by atoms with Gasteiger partial charge in [-0.15, -0.1) is 0 Å². The normalized spacial score (nSPS) is 9.93. The third-order valence-corrected chi connectivity index (χ3v) is 1.65. The van der Waals surface area contributed by atoms with Crippen LogP contribution < -0.4 is 0 Å². The minimum Gasteiger partial charge on any atom is -0.267 e. The van der Waals surface area contributed by atoms with Crippen LogP contribution in [0.25, 0.3) is 0 Å². The number of alkyl halides is 2. The van der Waals surface area contributed by atoms with Crippen LogP contribution in [-0.2, 0) is 13.5 Å². The number of nitrogens with zero attached hydrogens (tertiary/aromatic N) is 2. The molecule has 0 unspecified atom stereocenters. The van der Waals surface area contributed by atoms with E-state index in [9.17, 15) is 8.78 Å². The molecule has 0 aliphatic rings. The predicted octanol–water partition coefficient (Wildman–Crippen LogP) is 3.34. The number of halogens is 2. The molecule has 0 radical (unpaired) electrons. The highest BCUT2D eigenvalue weighted by atomic mass is 19.3. The number of aromatic nitrogens is 2. The molecule has 2 nitrogen and oxygen atoms in total. The van der Waals surface area contributed by atoms with Crippen molar-refractivity contribution in [3.05, 3.63) is 17.5 Å². The van der Waals surface area contributed by atoms with Crippen molar-refractivity contribution in [2.75, 3.05) is 0 Å². The van der Waals surface area contributed by atoms with Crippen molar-refractivity contribution >= 4 is 0 Å². The number of aryl methyl sites for hydroxylation is 2. The van der Waals surface area contributed by atoms with E-state index < -0.39 is 6.43 Å². The lowest BCUT2D eigenvalue weighted by molar-refractivity contribution is 0.139. The molecule has 1 heterocycles. The average Bonchev–Trinajstić information content (AvgIpc) is 2.47. The van der Waals surface area contributed by atoms with Gasteiger partial charge in [0.05, 0.1) is 6.20 Å². The first-order valence-electron chi connectivity index (χ1n) is 4.87. The van der Waals surface area contributed by atoms with E-state index in [4.69, 9.17) is 0 Å². The molecule has 0 aliphatic heterocycles. The van der Waals surface area contributed by atoms with Gasteiger partial charge in [0.2, 0.25) is 0 Å². The van der Waals surface area contributed by atoms with Crippen molar-refractivity contribution in [2.45, 2.75) is 40.0 Å². The molecule has 0 amide bonds. The Morgan fingerprint density at radius 3 is 2.14 bits per heavy atom. The number of hydrogen-bond acceptors (Lipinski definition) is 1. The molecule has 1 aromatic heterocycles. The minimum atomic E-state index is -2.42. The van der Waals surface area contributed by atoms with Crippen LogP contribution in [0.2, 0.25) is 0 Å². The van der Waals surface area contributed by atoms with Gasteiger partial charge in [0.25, 0.3) is 6.43 Å². The number of hydrogen-bond donors (Lipinski definition) is 0. The summed E-state index contributed by atoms with van der Waals surface area (Å²) in [6, 6.07) is 0. The Morgan fingerprint density at radius 1 is 1.36 bits per heavy atom. The molecule has 0 saturated heterocycles. The van der Waals surface area contributed by atoms with Crippen LogP contribution in [0.15, 0.2) is 6.20 Å². The molecule has 0 spiro atoms. The highest BCUT2D eigenvalue weighted by Gasteiger charge is 2.16. The molecule has 14 heavy (non-hydrogen) atoms. The molecule has 0 N–H and O–H groups in total. The van der Waals surface area contributed by atoms with Crippen molar-refractivity contribution in [2.24, 2.45) is 7.05 Å². The van der Waals surface area contributed by atoms with E-state index in [0.717, 1.165) is 0 Å². The highest BCUT2D eigenvalue weighted by molar-refractivity contribution is 5.18. The lowest BCUT2D eigenvalue weighted by atomic mass is 10.2. The van der Waals surface area contributed by atoms with Gasteiger partial charge in [0, 0.05) is 7.05 Å². The summed E-state index contributed by atoms with van der Waals surface area (Å²) < 4.78 is 25.7. The Morgan fingerprint density at radius 2 is 1.86 bits per heavy atom. The fourth-order valence-corrected chi connectivity index (χ4v) is 1.05. The van der Waals surface area contributed by atoms with Gasteiger partial charge in [-0.1, -0.05) is 27.2 Å². The van der Waals surface area contributed by atoms with Crippen molar-refractivity contribution in [3.8, 4) is 0 Å². The Bertz CT molecular complexity index is 257. The van der Waals surface area contributed by atoms with Gasteiger partial charge in [0.1, 0.15) is 5.69 Å². The molecular formula is C10H18F2N2. The molecule has 0 fully saturated rings. The molecular weight excluding hydrogens is 186 g/mol. The molecule has 1 rings (SSSR count). The van der Waals surface area contributed by atoms with Crippen LogP contribution in [0.5, 0.6) is 0 Å². The molecule has 0 bridgehead atoms. The van der Waals surface area contributed by atoms with Gasteiger partial charge in [0.15, 0.2) is 0 Å². The zero-order valence-corrected chi connectivity index (χ0v) is 9.22. The summed E-state index contributed by atoms with van der Waals surface area (Å²) in [7, 11) is 1.53. The first kappa shape index (κ1) is 13.1. The van der Waals surface area contributed by atoms with Crippen molar-refractivity contribution in [1.82, 2.24) is 9.78 Å². The van der Waals surface area contributed by atoms with Crippen LogP contribution in [0.4, 0.5) is 8.78 Å². The standard InChI is InChI=1S/C7H10F2N2.C3H8/c1-3-5-4-10-11(2)6(5)7(8)9;1-3-2/h4,7H,3H2,1-2H3;3H2,1-2H3. The van der Waals surface area contributed by atoms with E-state index in [-0.39, 0.29) is 5.69 Å². The van der Waals surface area contributed by atoms with Gasteiger partial charge < -0.3 is 0 Å². The molecule has 0 aromatic carbocycles. The topological polar surface area (TPSA) is 17.8 Å². The van der Waals surface area contributed by atoms with E-state index in [1.807, 2.05) is 6.92 Å². The molecule has 0 aliphatic carbocycles. The van der Waals surface area contributed by atoms with Crippen molar-refractivity contribution in [1.29, 1.82) is 0 Å². The molecule has 4 heteroatoms. The second kappa shape index (κ2) is 6.51. The van der Waals surface area contributed by atoms with Crippen LogP contribution in [0, 0.1) is 0 Å². The fraction of sp³-hybridized carbons (Fsp3) is 0.700. The highest BCUT2D eigenvalue weighted by Crippen LogP contribution is 2.21. The fourth-order valence-electron chi connectivity index (χ4n) is 1.05. The largest absolute Gasteiger partial charge is 0.280 e. The quantitative estimate of drug-likeness (QED) is 0.722. The summed E-state index contributed by atoms with van der Waals surface area (Å²) in [6.07, 6.45) is 0.923. The smallest absolute Gasteiger partial charge is 0.267 e. The zero-order valence-electron chi connectivity index (χ0n) is 9.22. The lowest BCUT2D eigenvalue weighted by Crippen LogP contribution is -2.00. The van der Waals surface area contributed by atoms with E-state index >= 15 is 0 Å². The van der Waals surface area contributed by atoms with Crippen LogP contribution in [0.3, 0.4) is 0 Å². The maximum absolute atomic E-state index is 12.2. The third kappa shape index (κ3) is 3.44. The van der Waals surface area contributed by atoms with Gasteiger partial charge in [-0.05, 0) is 12.0 Å². The SMILES string of the molecule is CCC.CCc1cnn(C)c1C(F)F. The van der Waals surface area contributed by atoms with E-state index in [2.05, 4.69) is 18.9 Å². The zero-order chi connectivity index (χ0) is 11.1. The molecule has 82 valence electrons. The van der Waals surface area contributed by atoms with Crippen LogP contribution in [0.1, 0.15) is 44.9 Å². The Kier molecular flexibility index (Phi) is 6.08. The predicted molar refractivity (Wildman–Crippen MR) is 53.5 cm³/mol. The van der Waals surface area contributed by atoms with Crippen LogP contribution >= 0.6 is 0 Å². The summed E-state index contributed by atoms with van der Waals surface area (Å²) >= 11 is 0. The Balaban J connectivity index is 0.000000500. The van der Waals surface area contributed by atoms with E-state index in [1.54, 1.807) is 0 Å². The second-order valence-corrected chi connectivity index (χ2v) is 3.04. The van der Waals surface area contributed by atoms with Gasteiger partial charge >= 0.3 is 0 Å². The van der Waals surface area contributed by atoms with Crippen molar-refractivity contribution in [3.63, 3.8) is 0 Å². The summed E-state index contributed by atoms with van der Waals surface area (Å²) in [5.74, 6) is 0. The summed E-state index contributed by atoms with van der Waals surface area (Å²) in [4.78, 5) is 0. The Hall–Kier alpha value is -0.930.